The quantitative estimate of drug-likeness (QED) is 0.688. The number of aliphatic hydroxyl groups excluding tert-OH is 3. The number of hydrogen-bond acceptors (Lipinski definition) is 6. The van der Waals surface area contributed by atoms with Crippen molar-refractivity contribution in [2.24, 2.45) is 0 Å². The van der Waals surface area contributed by atoms with Crippen molar-refractivity contribution in [3.05, 3.63) is 71.8 Å². The average molecular weight is 360 g/mol. The average Bonchev–Trinajstić information content (AvgIpc) is 2.67. The molecule has 0 saturated carbocycles. The minimum Gasteiger partial charge on any atom is -0.387 e. The summed E-state index contributed by atoms with van der Waals surface area (Å²) in [7, 11) is 0. The van der Waals surface area contributed by atoms with Gasteiger partial charge in [0.15, 0.2) is 6.29 Å². The molecule has 0 amide bonds. The van der Waals surface area contributed by atoms with E-state index in [2.05, 4.69) is 0 Å². The van der Waals surface area contributed by atoms with Crippen molar-refractivity contribution in [3.8, 4) is 0 Å². The minimum atomic E-state index is -1.48. The highest BCUT2D eigenvalue weighted by Gasteiger charge is 2.44. The number of rotatable bonds is 7. The molecule has 0 radical (unpaired) electrons. The summed E-state index contributed by atoms with van der Waals surface area (Å²) in [5, 5.41) is 30.0. The van der Waals surface area contributed by atoms with E-state index in [1.807, 2.05) is 60.7 Å². The number of aliphatic hydroxyl groups is 3. The summed E-state index contributed by atoms with van der Waals surface area (Å²) < 4.78 is 16.9. The van der Waals surface area contributed by atoms with E-state index in [1.54, 1.807) is 0 Å². The zero-order valence-corrected chi connectivity index (χ0v) is 14.3. The van der Waals surface area contributed by atoms with Crippen LogP contribution in [0.5, 0.6) is 0 Å². The van der Waals surface area contributed by atoms with Gasteiger partial charge < -0.3 is 29.5 Å². The Morgan fingerprint density at radius 2 is 1.35 bits per heavy atom. The first-order valence-corrected chi connectivity index (χ1v) is 8.62. The molecule has 1 heterocycles. The van der Waals surface area contributed by atoms with Gasteiger partial charge in [0.05, 0.1) is 19.8 Å². The maximum atomic E-state index is 10.3. The molecule has 2 aromatic rings. The van der Waals surface area contributed by atoms with Gasteiger partial charge >= 0.3 is 0 Å². The van der Waals surface area contributed by atoms with Crippen LogP contribution in [0.1, 0.15) is 11.1 Å². The third-order valence-corrected chi connectivity index (χ3v) is 4.34. The van der Waals surface area contributed by atoms with Crippen molar-refractivity contribution < 1.29 is 29.5 Å². The van der Waals surface area contributed by atoms with Gasteiger partial charge in [-0.25, -0.2) is 0 Å². The van der Waals surface area contributed by atoms with Gasteiger partial charge in [-0.3, -0.25) is 0 Å². The van der Waals surface area contributed by atoms with Crippen LogP contribution in [0, 0.1) is 0 Å². The lowest BCUT2D eigenvalue weighted by atomic mass is 9.99. The summed E-state index contributed by atoms with van der Waals surface area (Å²) in [5.41, 5.74) is 1.94. The van der Waals surface area contributed by atoms with Crippen LogP contribution in [0.15, 0.2) is 60.7 Å². The third kappa shape index (κ3) is 4.88. The molecule has 0 spiro atoms. The maximum absolute atomic E-state index is 10.3. The standard InChI is InChI=1S/C20H24O6/c21-17-18(22)20(23)26-16(13-24-11-14-7-3-1-4-8-14)19(17)25-12-15-9-5-2-6-10-15/h1-10,16-23H,11-13H2/t16?,17-,18?,19-,20-/m1/s1. The Bertz CT molecular complexity index is 650. The van der Waals surface area contributed by atoms with Crippen molar-refractivity contribution >= 4 is 0 Å². The second kappa shape index (κ2) is 9.23. The summed E-state index contributed by atoms with van der Waals surface area (Å²) in [6.45, 7) is 0.750. The van der Waals surface area contributed by atoms with Crippen molar-refractivity contribution in [1.29, 1.82) is 0 Å². The fourth-order valence-corrected chi connectivity index (χ4v) is 2.89. The Morgan fingerprint density at radius 3 is 1.96 bits per heavy atom. The molecule has 0 bridgehead atoms. The molecule has 26 heavy (non-hydrogen) atoms. The molecular formula is C20H24O6. The lowest BCUT2D eigenvalue weighted by molar-refractivity contribution is -0.298. The normalized spacial score (nSPS) is 28.8. The Hall–Kier alpha value is -1.80. The first-order chi connectivity index (χ1) is 12.6. The van der Waals surface area contributed by atoms with E-state index in [0.717, 1.165) is 11.1 Å². The van der Waals surface area contributed by atoms with Crippen LogP contribution in [-0.2, 0) is 27.4 Å². The minimum absolute atomic E-state index is 0.120. The molecule has 1 fully saturated rings. The predicted molar refractivity (Wildman–Crippen MR) is 94.0 cm³/mol. The monoisotopic (exact) mass is 360 g/mol. The van der Waals surface area contributed by atoms with Gasteiger partial charge in [0.1, 0.15) is 24.4 Å². The third-order valence-electron chi connectivity index (χ3n) is 4.34. The summed E-state index contributed by atoms with van der Waals surface area (Å²) >= 11 is 0. The second-order valence-electron chi connectivity index (χ2n) is 6.31. The van der Waals surface area contributed by atoms with E-state index in [1.165, 1.54) is 0 Å². The largest absolute Gasteiger partial charge is 0.387 e. The van der Waals surface area contributed by atoms with Gasteiger partial charge in [-0.1, -0.05) is 60.7 Å². The highest BCUT2D eigenvalue weighted by molar-refractivity contribution is 5.14. The molecule has 1 aliphatic rings. The van der Waals surface area contributed by atoms with Crippen LogP contribution in [0.3, 0.4) is 0 Å². The van der Waals surface area contributed by atoms with Crippen LogP contribution in [0.2, 0.25) is 0 Å². The molecule has 6 nitrogen and oxygen atoms in total. The topological polar surface area (TPSA) is 88.4 Å². The smallest absolute Gasteiger partial charge is 0.184 e. The van der Waals surface area contributed by atoms with Gasteiger partial charge in [-0.05, 0) is 11.1 Å². The molecule has 3 N–H and O–H groups in total. The maximum Gasteiger partial charge on any atom is 0.184 e. The van der Waals surface area contributed by atoms with E-state index in [0.29, 0.717) is 6.61 Å². The summed E-state index contributed by atoms with van der Waals surface area (Å²) in [6.07, 6.45) is -5.69. The Morgan fingerprint density at radius 1 is 0.769 bits per heavy atom. The molecular weight excluding hydrogens is 336 g/mol. The lowest BCUT2D eigenvalue weighted by Crippen LogP contribution is -2.59. The van der Waals surface area contributed by atoms with E-state index >= 15 is 0 Å². The summed E-state index contributed by atoms with van der Waals surface area (Å²) in [6, 6.07) is 19.2. The van der Waals surface area contributed by atoms with Crippen molar-refractivity contribution in [3.63, 3.8) is 0 Å². The molecule has 3 rings (SSSR count). The Kier molecular flexibility index (Phi) is 6.73. The van der Waals surface area contributed by atoms with Gasteiger partial charge in [-0.2, -0.15) is 0 Å². The zero-order chi connectivity index (χ0) is 18.4. The van der Waals surface area contributed by atoms with Gasteiger partial charge in [0.2, 0.25) is 0 Å². The van der Waals surface area contributed by atoms with E-state index in [9.17, 15) is 15.3 Å². The van der Waals surface area contributed by atoms with Gasteiger partial charge in [0.25, 0.3) is 0 Å². The molecule has 2 aromatic carbocycles. The van der Waals surface area contributed by atoms with Crippen molar-refractivity contribution in [2.45, 2.75) is 43.9 Å². The molecule has 6 heteroatoms. The second-order valence-corrected chi connectivity index (χ2v) is 6.31. The molecule has 2 unspecified atom stereocenters. The predicted octanol–water partition coefficient (Wildman–Crippen LogP) is 1.23. The zero-order valence-electron chi connectivity index (χ0n) is 14.3. The van der Waals surface area contributed by atoms with Gasteiger partial charge in [0, 0.05) is 0 Å². The van der Waals surface area contributed by atoms with E-state index in [-0.39, 0.29) is 13.2 Å². The molecule has 0 aliphatic carbocycles. The highest BCUT2D eigenvalue weighted by Crippen LogP contribution is 2.24. The Balaban J connectivity index is 1.59. The molecule has 0 aromatic heterocycles. The molecule has 140 valence electrons. The lowest BCUT2D eigenvalue weighted by Gasteiger charge is -2.40. The molecule has 1 saturated heterocycles. The van der Waals surface area contributed by atoms with Gasteiger partial charge in [-0.15, -0.1) is 0 Å². The number of benzene rings is 2. The SMILES string of the molecule is OC1[C@H](O)OC(COCc2ccccc2)[C@@H](OCc2ccccc2)[C@@H]1O. The molecule has 1 aliphatic heterocycles. The number of ether oxygens (including phenoxy) is 3. The summed E-state index contributed by atoms with van der Waals surface area (Å²) in [4.78, 5) is 0. The van der Waals surface area contributed by atoms with Crippen LogP contribution in [0.25, 0.3) is 0 Å². The van der Waals surface area contributed by atoms with Crippen LogP contribution >= 0.6 is 0 Å². The Labute approximate surface area is 152 Å². The van der Waals surface area contributed by atoms with E-state index < -0.39 is 30.7 Å². The van der Waals surface area contributed by atoms with E-state index in [4.69, 9.17) is 14.2 Å². The highest BCUT2D eigenvalue weighted by atomic mass is 16.7. The summed E-state index contributed by atoms with van der Waals surface area (Å²) in [5.74, 6) is 0. The van der Waals surface area contributed by atoms with Crippen molar-refractivity contribution in [2.75, 3.05) is 6.61 Å². The van der Waals surface area contributed by atoms with Crippen molar-refractivity contribution in [1.82, 2.24) is 0 Å². The fraction of sp³-hybridized carbons (Fsp3) is 0.400. The van der Waals surface area contributed by atoms with Crippen LogP contribution < -0.4 is 0 Å². The molecule has 5 atom stereocenters. The first kappa shape index (κ1) is 19.0. The van der Waals surface area contributed by atoms with Crippen LogP contribution in [0.4, 0.5) is 0 Å². The van der Waals surface area contributed by atoms with Crippen LogP contribution in [-0.4, -0.2) is 52.6 Å². The first-order valence-electron chi connectivity index (χ1n) is 8.62. The fourth-order valence-electron chi connectivity index (χ4n) is 2.89. The number of hydrogen-bond donors (Lipinski definition) is 3.